The molecule has 1 heterocycles. The molecule has 1 aromatic carbocycles. The molecule has 0 bridgehead atoms. The van der Waals surface area contributed by atoms with Crippen LogP contribution in [0, 0.1) is 17.8 Å². The SMILES string of the molecule is CCCN1C(=O)[C@H]2[C@H](CC=C3[C@H](c4ccc(O)cc4Cl)C4=C(C[C@H]32)C(=O)C=C(C)C4=O)C1=O. The summed E-state index contributed by atoms with van der Waals surface area (Å²) in [6.45, 7) is 3.93. The Morgan fingerprint density at radius 3 is 2.58 bits per heavy atom. The Morgan fingerprint density at radius 2 is 1.88 bits per heavy atom. The van der Waals surface area contributed by atoms with Gasteiger partial charge in [0.1, 0.15) is 5.75 Å². The average Bonchev–Trinajstić information content (AvgIpc) is 3.02. The largest absolute Gasteiger partial charge is 0.508 e. The quantitative estimate of drug-likeness (QED) is 0.415. The number of hydrogen-bond donors (Lipinski definition) is 1. The Kier molecular flexibility index (Phi) is 5.16. The number of allylic oxidation sites excluding steroid dienone is 6. The number of rotatable bonds is 3. The number of phenolic OH excluding ortho intramolecular Hbond substituents is 1. The molecule has 6 nitrogen and oxygen atoms in total. The normalized spacial score (nSPS) is 29.0. The Bertz CT molecular complexity index is 1220. The van der Waals surface area contributed by atoms with Gasteiger partial charge in [0.2, 0.25) is 11.8 Å². The van der Waals surface area contributed by atoms with Crippen molar-refractivity contribution in [2.24, 2.45) is 17.8 Å². The van der Waals surface area contributed by atoms with Crippen LogP contribution in [0.4, 0.5) is 0 Å². The summed E-state index contributed by atoms with van der Waals surface area (Å²) in [4.78, 5) is 54.0. The number of amides is 2. The van der Waals surface area contributed by atoms with Crippen LogP contribution in [0.2, 0.25) is 5.02 Å². The van der Waals surface area contributed by atoms with Gasteiger partial charge in [0.25, 0.3) is 0 Å². The van der Waals surface area contributed by atoms with Crippen molar-refractivity contribution in [3.8, 4) is 5.75 Å². The van der Waals surface area contributed by atoms with Gasteiger partial charge in [-0.05, 0) is 55.9 Å². The summed E-state index contributed by atoms with van der Waals surface area (Å²) >= 11 is 6.52. The molecule has 0 saturated carbocycles. The number of carbonyl (C=O) groups is 4. The molecule has 1 N–H and O–H groups in total. The van der Waals surface area contributed by atoms with Gasteiger partial charge in [0.05, 0.1) is 11.8 Å². The number of likely N-dealkylation sites (tertiary alicyclic amines) is 1. The maximum absolute atomic E-state index is 13.3. The standard InChI is InChI=1S/C26H24ClNO5/c1-3-8-28-25(32)16-7-6-14-17(22(16)26(28)33)11-18-20(30)9-12(2)24(31)23(18)21(14)15-5-4-13(29)10-19(15)27/h4-6,9-10,16-17,21-22,29H,3,7-8,11H2,1-2H3/t16-,17+,21+,22-/m0/s1. The third kappa shape index (κ3) is 3.15. The van der Waals surface area contributed by atoms with E-state index in [2.05, 4.69) is 0 Å². The van der Waals surface area contributed by atoms with E-state index in [1.165, 1.54) is 23.1 Å². The van der Waals surface area contributed by atoms with Crippen molar-refractivity contribution in [2.45, 2.75) is 39.0 Å². The van der Waals surface area contributed by atoms with E-state index in [9.17, 15) is 24.3 Å². The van der Waals surface area contributed by atoms with Gasteiger partial charge in [-0.25, -0.2) is 0 Å². The molecule has 2 amide bonds. The lowest BCUT2D eigenvalue weighted by Gasteiger charge is -2.42. The molecule has 3 aliphatic carbocycles. The van der Waals surface area contributed by atoms with Crippen molar-refractivity contribution in [2.75, 3.05) is 6.54 Å². The molecule has 4 atom stereocenters. The molecular weight excluding hydrogens is 442 g/mol. The minimum absolute atomic E-state index is 0.00287. The van der Waals surface area contributed by atoms with Crippen LogP contribution >= 0.6 is 11.6 Å². The van der Waals surface area contributed by atoms with Crippen molar-refractivity contribution < 1.29 is 24.3 Å². The van der Waals surface area contributed by atoms with E-state index >= 15 is 0 Å². The number of halogens is 1. The van der Waals surface area contributed by atoms with Crippen molar-refractivity contribution in [1.82, 2.24) is 4.90 Å². The van der Waals surface area contributed by atoms with E-state index in [0.29, 0.717) is 41.7 Å². The highest BCUT2D eigenvalue weighted by atomic mass is 35.5. The third-order valence-corrected chi connectivity index (χ3v) is 7.73. The van der Waals surface area contributed by atoms with E-state index in [1.54, 1.807) is 13.0 Å². The maximum Gasteiger partial charge on any atom is 0.233 e. The van der Waals surface area contributed by atoms with Gasteiger partial charge in [-0.3, -0.25) is 24.1 Å². The molecule has 170 valence electrons. The summed E-state index contributed by atoms with van der Waals surface area (Å²) in [7, 11) is 0. The Balaban J connectivity index is 1.69. The van der Waals surface area contributed by atoms with Crippen molar-refractivity contribution in [3.05, 3.63) is 63.2 Å². The van der Waals surface area contributed by atoms with Crippen LogP contribution in [0.3, 0.4) is 0 Å². The van der Waals surface area contributed by atoms with Crippen LogP contribution in [0.5, 0.6) is 5.75 Å². The van der Waals surface area contributed by atoms with Crippen LogP contribution in [-0.4, -0.2) is 39.9 Å². The second-order valence-electron chi connectivity index (χ2n) is 9.26. The van der Waals surface area contributed by atoms with Crippen LogP contribution in [0.15, 0.2) is 52.6 Å². The predicted molar refractivity (Wildman–Crippen MR) is 121 cm³/mol. The van der Waals surface area contributed by atoms with Gasteiger partial charge in [-0.2, -0.15) is 0 Å². The van der Waals surface area contributed by atoms with Crippen molar-refractivity contribution in [1.29, 1.82) is 0 Å². The molecule has 7 heteroatoms. The molecule has 33 heavy (non-hydrogen) atoms. The lowest BCUT2D eigenvalue weighted by atomic mass is 9.59. The van der Waals surface area contributed by atoms with E-state index in [0.717, 1.165) is 5.57 Å². The summed E-state index contributed by atoms with van der Waals surface area (Å²) in [5.41, 5.74) is 2.63. The number of nitrogens with zero attached hydrogens (tertiary/aromatic N) is 1. The Hall–Kier alpha value is -2.99. The number of aromatic hydroxyl groups is 1. The van der Waals surface area contributed by atoms with Crippen LogP contribution in [-0.2, 0) is 19.2 Å². The fourth-order valence-corrected chi connectivity index (χ4v) is 6.26. The highest BCUT2D eigenvalue weighted by Crippen LogP contribution is 2.55. The van der Waals surface area contributed by atoms with Crippen molar-refractivity contribution >= 4 is 35.0 Å². The average molecular weight is 466 g/mol. The number of ketones is 2. The minimum atomic E-state index is -0.601. The van der Waals surface area contributed by atoms with E-state index in [4.69, 9.17) is 11.6 Å². The molecule has 0 unspecified atom stereocenters. The number of fused-ring (bicyclic) bond motifs is 3. The molecule has 0 spiro atoms. The lowest BCUT2D eigenvalue weighted by Crippen LogP contribution is -2.40. The van der Waals surface area contributed by atoms with Gasteiger partial charge in [0, 0.05) is 34.2 Å². The summed E-state index contributed by atoms with van der Waals surface area (Å²) in [5.74, 6) is -2.74. The molecule has 0 radical (unpaired) electrons. The van der Waals surface area contributed by atoms with E-state index in [-0.39, 0.29) is 46.5 Å². The monoisotopic (exact) mass is 465 g/mol. The maximum atomic E-state index is 13.3. The van der Waals surface area contributed by atoms with Crippen LogP contribution in [0.1, 0.15) is 44.6 Å². The summed E-state index contributed by atoms with van der Waals surface area (Å²) in [5, 5.41) is 10.2. The molecule has 1 saturated heterocycles. The number of Topliss-reactive ketones (excluding diaryl/α,β-unsaturated/α-hetero) is 1. The molecule has 1 aliphatic heterocycles. The molecule has 4 aliphatic rings. The fourth-order valence-electron chi connectivity index (χ4n) is 5.98. The number of imide groups is 1. The first kappa shape index (κ1) is 21.8. The highest BCUT2D eigenvalue weighted by molar-refractivity contribution is 6.32. The second kappa shape index (κ2) is 7.80. The summed E-state index contributed by atoms with van der Waals surface area (Å²) in [6.07, 6.45) is 4.67. The number of benzene rings is 1. The molecule has 1 fully saturated rings. The number of phenols is 1. The first-order chi connectivity index (χ1) is 15.7. The molecular formula is C26H24ClNO5. The van der Waals surface area contributed by atoms with Crippen molar-refractivity contribution in [3.63, 3.8) is 0 Å². The lowest BCUT2D eigenvalue weighted by molar-refractivity contribution is -0.140. The van der Waals surface area contributed by atoms with Gasteiger partial charge < -0.3 is 5.11 Å². The zero-order valence-electron chi connectivity index (χ0n) is 18.4. The molecule has 0 aromatic heterocycles. The van der Waals surface area contributed by atoms with E-state index in [1.807, 2.05) is 13.0 Å². The fraction of sp³-hybridized carbons (Fsp3) is 0.385. The topological polar surface area (TPSA) is 91.8 Å². The van der Waals surface area contributed by atoms with Crippen LogP contribution < -0.4 is 0 Å². The third-order valence-electron chi connectivity index (χ3n) is 7.40. The summed E-state index contributed by atoms with van der Waals surface area (Å²) < 4.78 is 0. The van der Waals surface area contributed by atoms with Gasteiger partial charge in [-0.1, -0.05) is 36.2 Å². The molecule has 5 rings (SSSR count). The van der Waals surface area contributed by atoms with Gasteiger partial charge in [0.15, 0.2) is 11.6 Å². The predicted octanol–water partition coefficient (Wildman–Crippen LogP) is 3.89. The number of carbonyl (C=O) groups excluding carboxylic acids is 4. The highest BCUT2D eigenvalue weighted by Gasteiger charge is 2.56. The second-order valence-corrected chi connectivity index (χ2v) is 9.67. The smallest absolute Gasteiger partial charge is 0.233 e. The molecule has 1 aromatic rings. The zero-order valence-corrected chi connectivity index (χ0v) is 19.2. The first-order valence-corrected chi connectivity index (χ1v) is 11.7. The van der Waals surface area contributed by atoms with Crippen LogP contribution in [0.25, 0.3) is 0 Å². The Labute approximate surface area is 196 Å². The van der Waals surface area contributed by atoms with Gasteiger partial charge >= 0.3 is 0 Å². The van der Waals surface area contributed by atoms with E-state index < -0.39 is 17.8 Å². The number of hydrogen-bond acceptors (Lipinski definition) is 5. The minimum Gasteiger partial charge on any atom is -0.508 e. The first-order valence-electron chi connectivity index (χ1n) is 11.3. The Morgan fingerprint density at radius 1 is 1.12 bits per heavy atom. The summed E-state index contributed by atoms with van der Waals surface area (Å²) in [6, 6.07) is 4.58. The van der Waals surface area contributed by atoms with Gasteiger partial charge in [-0.15, -0.1) is 0 Å². The zero-order chi connectivity index (χ0) is 23.6.